The van der Waals surface area contributed by atoms with Gasteiger partial charge in [0.25, 0.3) is 0 Å². The van der Waals surface area contributed by atoms with Gasteiger partial charge in [-0.1, -0.05) is 32.9 Å². The van der Waals surface area contributed by atoms with Crippen molar-refractivity contribution in [3.8, 4) is 0 Å². The predicted octanol–water partition coefficient (Wildman–Crippen LogP) is 2.29. The first-order valence-electron chi connectivity index (χ1n) is 7.05. The van der Waals surface area contributed by atoms with Crippen molar-refractivity contribution in [1.29, 1.82) is 0 Å². The Balaban J connectivity index is 4.65. The Morgan fingerprint density at radius 3 is 1.84 bits per heavy atom. The normalized spacial score (nSPS) is 13.9. The first-order valence-corrected chi connectivity index (χ1v) is 7.05. The lowest BCUT2D eigenvalue weighted by Crippen LogP contribution is -2.42. The van der Waals surface area contributed by atoms with Crippen LogP contribution in [0, 0.1) is 17.8 Å². The standard InChI is InChI=1S/C14H29N3O2/c1-10(2)6-8-17(9-7-11(3)4)14(18)12(5)13(15)16-19/h10-12,19H,6-9H2,1-5H3,(H2,15,16). The SMILES string of the molecule is CC(C)CCN(CCC(C)C)C(=O)C(C)C(N)=NO. The summed E-state index contributed by atoms with van der Waals surface area (Å²) < 4.78 is 0. The van der Waals surface area contributed by atoms with E-state index in [4.69, 9.17) is 10.9 Å². The van der Waals surface area contributed by atoms with Gasteiger partial charge in [0.15, 0.2) is 5.84 Å². The number of amidine groups is 1. The van der Waals surface area contributed by atoms with Crippen LogP contribution in [0.3, 0.4) is 0 Å². The van der Waals surface area contributed by atoms with Crippen molar-refractivity contribution in [2.24, 2.45) is 28.6 Å². The third kappa shape index (κ3) is 7.03. The molecule has 0 aromatic rings. The van der Waals surface area contributed by atoms with E-state index in [9.17, 15) is 4.79 Å². The van der Waals surface area contributed by atoms with Gasteiger partial charge in [0.2, 0.25) is 5.91 Å². The van der Waals surface area contributed by atoms with Crippen LogP contribution >= 0.6 is 0 Å². The number of hydrogen-bond donors (Lipinski definition) is 2. The molecule has 19 heavy (non-hydrogen) atoms. The van der Waals surface area contributed by atoms with Crippen LogP contribution in [-0.2, 0) is 4.79 Å². The van der Waals surface area contributed by atoms with E-state index in [1.165, 1.54) is 0 Å². The van der Waals surface area contributed by atoms with E-state index < -0.39 is 5.92 Å². The van der Waals surface area contributed by atoms with E-state index in [-0.39, 0.29) is 11.7 Å². The second-order valence-electron chi connectivity index (χ2n) is 5.94. The van der Waals surface area contributed by atoms with E-state index in [0.29, 0.717) is 11.8 Å². The van der Waals surface area contributed by atoms with Crippen LogP contribution in [0.1, 0.15) is 47.5 Å². The fraction of sp³-hybridized carbons (Fsp3) is 0.857. The summed E-state index contributed by atoms with van der Waals surface area (Å²) in [5.41, 5.74) is 5.52. The highest BCUT2D eigenvalue weighted by Gasteiger charge is 2.23. The topological polar surface area (TPSA) is 78.9 Å². The van der Waals surface area contributed by atoms with Gasteiger partial charge < -0.3 is 15.8 Å². The van der Waals surface area contributed by atoms with Crippen molar-refractivity contribution in [3.63, 3.8) is 0 Å². The van der Waals surface area contributed by atoms with Crippen LogP contribution in [-0.4, -0.2) is 34.9 Å². The summed E-state index contributed by atoms with van der Waals surface area (Å²) in [6.07, 6.45) is 1.93. The molecule has 0 saturated carbocycles. The van der Waals surface area contributed by atoms with Crippen molar-refractivity contribution in [3.05, 3.63) is 0 Å². The molecule has 0 aliphatic carbocycles. The van der Waals surface area contributed by atoms with Gasteiger partial charge in [-0.05, 0) is 31.6 Å². The molecule has 0 aromatic heterocycles. The Morgan fingerprint density at radius 1 is 1.11 bits per heavy atom. The van der Waals surface area contributed by atoms with Crippen LogP contribution in [0.5, 0.6) is 0 Å². The van der Waals surface area contributed by atoms with Crippen molar-refractivity contribution < 1.29 is 10.0 Å². The quantitative estimate of drug-likeness (QED) is 0.308. The monoisotopic (exact) mass is 271 g/mol. The summed E-state index contributed by atoms with van der Waals surface area (Å²) in [7, 11) is 0. The highest BCUT2D eigenvalue weighted by atomic mass is 16.4. The lowest BCUT2D eigenvalue weighted by molar-refractivity contribution is -0.133. The molecule has 1 unspecified atom stereocenters. The molecule has 1 amide bonds. The van der Waals surface area contributed by atoms with Gasteiger partial charge in [0.1, 0.15) is 0 Å². The van der Waals surface area contributed by atoms with Gasteiger partial charge in [0, 0.05) is 13.1 Å². The Morgan fingerprint density at radius 2 is 1.53 bits per heavy atom. The van der Waals surface area contributed by atoms with E-state index in [1.807, 2.05) is 4.90 Å². The first kappa shape index (κ1) is 17.7. The Labute approximate surface area is 116 Å². The molecule has 0 spiro atoms. The van der Waals surface area contributed by atoms with Gasteiger partial charge in [0.05, 0.1) is 5.92 Å². The third-order valence-corrected chi connectivity index (χ3v) is 3.19. The molecular weight excluding hydrogens is 242 g/mol. The summed E-state index contributed by atoms with van der Waals surface area (Å²) in [5, 5.41) is 11.6. The molecule has 0 aliphatic rings. The van der Waals surface area contributed by atoms with Gasteiger partial charge in [-0.25, -0.2) is 0 Å². The maximum Gasteiger partial charge on any atom is 0.233 e. The van der Waals surface area contributed by atoms with Gasteiger partial charge in [-0.3, -0.25) is 4.79 Å². The molecule has 0 aromatic carbocycles. The molecule has 0 fully saturated rings. The second-order valence-corrected chi connectivity index (χ2v) is 5.94. The van der Waals surface area contributed by atoms with Crippen molar-refractivity contribution >= 4 is 11.7 Å². The van der Waals surface area contributed by atoms with Crippen LogP contribution < -0.4 is 5.73 Å². The molecule has 0 rings (SSSR count). The number of carbonyl (C=O) groups excluding carboxylic acids is 1. The molecule has 5 nitrogen and oxygen atoms in total. The van der Waals surface area contributed by atoms with E-state index in [2.05, 4.69) is 32.9 Å². The second kappa shape index (κ2) is 8.77. The number of nitrogens with two attached hydrogens (primary N) is 1. The third-order valence-electron chi connectivity index (χ3n) is 3.19. The Kier molecular flexibility index (Phi) is 8.19. The molecule has 0 radical (unpaired) electrons. The zero-order valence-electron chi connectivity index (χ0n) is 12.9. The molecule has 0 heterocycles. The molecule has 0 saturated heterocycles. The summed E-state index contributed by atoms with van der Waals surface area (Å²) in [6.45, 7) is 11.7. The fourth-order valence-electron chi connectivity index (χ4n) is 1.65. The van der Waals surface area contributed by atoms with E-state index >= 15 is 0 Å². The van der Waals surface area contributed by atoms with Crippen molar-refractivity contribution in [2.45, 2.75) is 47.5 Å². The number of oxime groups is 1. The molecular formula is C14H29N3O2. The number of amides is 1. The van der Waals surface area contributed by atoms with Crippen LogP contribution in [0.2, 0.25) is 0 Å². The largest absolute Gasteiger partial charge is 0.409 e. The van der Waals surface area contributed by atoms with Gasteiger partial charge in [-0.2, -0.15) is 0 Å². The lowest BCUT2D eigenvalue weighted by Gasteiger charge is -2.27. The van der Waals surface area contributed by atoms with Crippen molar-refractivity contribution in [1.82, 2.24) is 4.90 Å². The van der Waals surface area contributed by atoms with Gasteiger partial charge in [-0.15, -0.1) is 0 Å². The zero-order chi connectivity index (χ0) is 15.0. The smallest absolute Gasteiger partial charge is 0.233 e. The molecule has 5 heteroatoms. The summed E-state index contributed by atoms with van der Waals surface area (Å²) in [5.74, 6) is 0.451. The molecule has 0 bridgehead atoms. The maximum atomic E-state index is 12.3. The van der Waals surface area contributed by atoms with Crippen LogP contribution in [0.25, 0.3) is 0 Å². The van der Waals surface area contributed by atoms with E-state index in [1.54, 1.807) is 6.92 Å². The minimum Gasteiger partial charge on any atom is -0.409 e. The summed E-state index contributed by atoms with van der Waals surface area (Å²) >= 11 is 0. The Hall–Kier alpha value is -1.26. The number of carbonyl (C=O) groups is 1. The molecule has 1 atom stereocenters. The Bertz CT molecular complexity index is 289. The molecule has 112 valence electrons. The maximum absolute atomic E-state index is 12.3. The number of hydrogen-bond acceptors (Lipinski definition) is 3. The highest BCUT2D eigenvalue weighted by molar-refractivity contribution is 6.01. The van der Waals surface area contributed by atoms with Crippen LogP contribution in [0.15, 0.2) is 5.16 Å². The zero-order valence-corrected chi connectivity index (χ0v) is 12.9. The number of nitrogens with zero attached hydrogens (tertiary/aromatic N) is 2. The summed E-state index contributed by atoms with van der Waals surface area (Å²) in [6, 6.07) is 0. The van der Waals surface area contributed by atoms with E-state index in [0.717, 1.165) is 25.9 Å². The number of rotatable bonds is 8. The van der Waals surface area contributed by atoms with Crippen molar-refractivity contribution in [2.75, 3.05) is 13.1 Å². The van der Waals surface area contributed by atoms with Crippen LogP contribution in [0.4, 0.5) is 0 Å². The first-order chi connectivity index (χ1) is 8.79. The lowest BCUT2D eigenvalue weighted by atomic mass is 10.1. The molecule has 3 N–H and O–H groups in total. The summed E-state index contributed by atoms with van der Waals surface area (Å²) in [4.78, 5) is 14.2. The fourth-order valence-corrected chi connectivity index (χ4v) is 1.65. The predicted molar refractivity (Wildman–Crippen MR) is 78.1 cm³/mol. The average molecular weight is 271 g/mol. The minimum absolute atomic E-state index is 0.0240. The average Bonchev–Trinajstić information content (AvgIpc) is 2.35. The minimum atomic E-state index is -0.565. The van der Waals surface area contributed by atoms with Gasteiger partial charge >= 0.3 is 0 Å². The molecule has 0 aliphatic heterocycles. The highest BCUT2D eigenvalue weighted by Crippen LogP contribution is 2.10.